The summed E-state index contributed by atoms with van der Waals surface area (Å²) in [6, 6.07) is 14.5. The first-order chi connectivity index (χ1) is 12.1. The van der Waals surface area contributed by atoms with Gasteiger partial charge in [0.25, 0.3) is 5.91 Å². The fourth-order valence-electron chi connectivity index (χ4n) is 2.01. The topological polar surface area (TPSA) is 59.6 Å². The highest BCUT2D eigenvalue weighted by Crippen LogP contribution is 2.23. The molecule has 0 aliphatic carbocycles. The van der Waals surface area contributed by atoms with E-state index in [4.69, 9.17) is 21.7 Å². The predicted molar refractivity (Wildman–Crippen MR) is 106 cm³/mol. The number of ether oxygens (including phenoxy) is 2. The fourth-order valence-corrected chi connectivity index (χ4v) is 2.61. The summed E-state index contributed by atoms with van der Waals surface area (Å²) in [4.78, 5) is 12.2. The molecule has 0 radical (unpaired) electrons. The number of halogens is 1. The Morgan fingerprint density at radius 2 is 1.96 bits per heavy atom. The molecular formula is C18H19BrN2O3S. The fraction of sp³-hybridized carbons (Fsp3) is 0.222. The molecule has 0 bridgehead atoms. The monoisotopic (exact) mass is 422 g/mol. The van der Waals surface area contributed by atoms with Crippen molar-refractivity contribution < 1.29 is 14.3 Å². The Labute approximate surface area is 160 Å². The maximum atomic E-state index is 12.2. The highest BCUT2D eigenvalue weighted by molar-refractivity contribution is 9.10. The van der Waals surface area contributed by atoms with Gasteiger partial charge in [-0.2, -0.15) is 0 Å². The number of rotatable bonds is 7. The number of carbonyl (C=O) groups is 1. The van der Waals surface area contributed by atoms with Crippen LogP contribution in [0.15, 0.2) is 53.0 Å². The second-order valence-corrected chi connectivity index (χ2v) is 6.28. The third-order valence-corrected chi connectivity index (χ3v) is 3.84. The summed E-state index contributed by atoms with van der Waals surface area (Å²) < 4.78 is 11.8. The molecule has 1 amide bonds. The number of para-hydroxylation sites is 2. The molecule has 0 fully saturated rings. The number of anilines is 1. The Hall–Kier alpha value is -1.96. The van der Waals surface area contributed by atoms with Crippen LogP contribution in [0.3, 0.4) is 0 Å². The predicted octanol–water partition coefficient (Wildman–Crippen LogP) is 3.99. The highest BCUT2D eigenvalue weighted by Gasteiger charge is 2.10. The maximum absolute atomic E-state index is 12.2. The molecule has 2 aromatic carbocycles. The first-order valence-electron chi connectivity index (χ1n) is 7.77. The average molecular weight is 423 g/mol. The minimum absolute atomic E-state index is 0.200. The summed E-state index contributed by atoms with van der Waals surface area (Å²) in [5, 5.41) is 5.84. The van der Waals surface area contributed by atoms with Crippen molar-refractivity contribution >= 4 is 44.9 Å². The molecule has 2 N–H and O–H groups in total. The van der Waals surface area contributed by atoms with E-state index in [1.165, 1.54) is 0 Å². The quantitative estimate of drug-likeness (QED) is 0.521. The second kappa shape index (κ2) is 10.1. The van der Waals surface area contributed by atoms with Crippen LogP contribution in [0.25, 0.3) is 0 Å². The molecule has 0 aromatic heterocycles. The van der Waals surface area contributed by atoms with Crippen molar-refractivity contribution in [3.05, 3.63) is 58.6 Å². The standard InChI is InChI=1S/C18H19BrN2O3S/c1-2-23-10-11-24-16-9-4-3-8-15(16)20-18(25)21-17(22)13-6-5-7-14(19)12-13/h3-9,12H,2,10-11H2,1H3,(H2,20,21,22,25). The third kappa shape index (κ3) is 6.45. The van der Waals surface area contributed by atoms with Crippen LogP contribution in [0.5, 0.6) is 5.75 Å². The van der Waals surface area contributed by atoms with E-state index >= 15 is 0 Å². The van der Waals surface area contributed by atoms with Crippen LogP contribution in [-0.2, 0) is 4.74 Å². The van der Waals surface area contributed by atoms with Crippen LogP contribution in [-0.4, -0.2) is 30.8 Å². The molecule has 0 aliphatic heterocycles. The summed E-state index contributed by atoms with van der Waals surface area (Å²) >= 11 is 8.56. The SMILES string of the molecule is CCOCCOc1ccccc1NC(=S)NC(=O)c1cccc(Br)c1. The molecule has 5 nitrogen and oxygen atoms in total. The molecule has 0 unspecified atom stereocenters. The van der Waals surface area contributed by atoms with Gasteiger partial charge < -0.3 is 14.8 Å². The van der Waals surface area contributed by atoms with Crippen molar-refractivity contribution in [2.45, 2.75) is 6.92 Å². The van der Waals surface area contributed by atoms with E-state index in [0.29, 0.717) is 36.8 Å². The molecule has 7 heteroatoms. The molecule has 0 spiro atoms. The Kier molecular flexibility index (Phi) is 7.84. The number of benzene rings is 2. The Bertz CT molecular complexity index is 740. The first-order valence-corrected chi connectivity index (χ1v) is 8.97. The molecule has 0 heterocycles. The van der Waals surface area contributed by atoms with Gasteiger partial charge in [0.15, 0.2) is 5.11 Å². The lowest BCUT2D eigenvalue weighted by molar-refractivity contribution is 0.0977. The van der Waals surface area contributed by atoms with Gasteiger partial charge in [0.1, 0.15) is 12.4 Å². The van der Waals surface area contributed by atoms with Crippen molar-refractivity contribution in [1.82, 2.24) is 5.32 Å². The largest absolute Gasteiger partial charge is 0.489 e. The molecular weight excluding hydrogens is 404 g/mol. The van der Waals surface area contributed by atoms with Gasteiger partial charge in [-0.25, -0.2) is 0 Å². The van der Waals surface area contributed by atoms with Gasteiger partial charge in [-0.1, -0.05) is 34.1 Å². The number of hydrogen-bond acceptors (Lipinski definition) is 4. The Morgan fingerprint density at radius 3 is 2.72 bits per heavy atom. The van der Waals surface area contributed by atoms with Gasteiger partial charge >= 0.3 is 0 Å². The zero-order chi connectivity index (χ0) is 18.1. The van der Waals surface area contributed by atoms with Crippen molar-refractivity contribution in [1.29, 1.82) is 0 Å². The minimum atomic E-state index is -0.284. The lowest BCUT2D eigenvalue weighted by Crippen LogP contribution is -2.34. The number of thiocarbonyl (C=S) groups is 1. The molecule has 25 heavy (non-hydrogen) atoms. The zero-order valence-corrected chi connectivity index (χ0v) is 16.2. The van der Waals surface area contributed by atoms with Gasteiger partial charge in [0, 0.05) is 16.6 Å². The van der Waals surface area contributed by atoms with E-state index in [-0.39, 0.29) is 11.0 Å². The van der Waals surface area contributed by atoms with Crippen LogP contribution in [0.1, 0.15) is 17.3 Å². The number of carbonyl (C=O) groups excluding carboxylic acids is 1. The molecule has 2 rings (SSSR count). The van der Waals surface area contributed by atoms with E-state index in [2.05, 4.69) is 26.6 Å². The van der Waals surface area contributed by atoms with E-state index in [1.54, 1.807) is 18.2 Å². The first kappa shape index (κ1) is 19.4. The van der Waals surface area contributed by atoms with Crippen molar-refractivity contribution in [2.75, 3.05) is 25.1 Å². The zero-order valence-electron chi connectivity index (χ0n) is 13.8. The number of hydrogen-bond donors (Lipinski definition) is 2. The maximum Gasteiger partial charge on any atom is 0.257 e. The summed E-state index contributed by atoms with van der Waals surface area (Å²) in [7, 11) is 0. The Balaban J connectivity index is 1.95. The van der Waals surface area contributed by atoms with E-state index in [0.717, 1.165) is 4.47 Å². The van der Waals surface area contributed by atoms with Crippen LogP contribution < -0.4 is 15.4 Å². The van der Waals surface area contributed by atoms with Crippen molar-refractivity contribution in [3.63, 3.8) is 0 Å². The lowest BCUT2D eigenvalue weighted by Gasteiger charge is -2.14. The van der Waals surface area contributed by atoms with E-state index < -0.39 is 0 Å². The second-order valence-electron chi connectivity index (χ2n) is 4.96. The minimum Gasteiger partial charge on any atom is -0.489 e. The van der Waals surface area contributed by atoms with Crippen molar-refractivity contribution in [3.8, 4) is 5.75 Å². The average Bonchev–Trinajstić information content (AvgIpc) is 2.60. The van der Waals surface area contributed by atoms with Gasteiger partial charge in [0.05, 0.1) is 12.3 Å². The lowest BCUT2D eigenvalue weighted by atomic mass is 10.2. The highest BCUT2D eigenvalue weighted by atomic mass is 79.9. The summed E-state index contributed by atoms with van der Waals surface area (Å²) in [5.41, 5.74) is 1.19. The van der Waals surface area contributed by atoms with E-state index in [9.17, 15) is 4.79 Å². The molecule has 2 aromatic rings. The number of nitrogens with one attached hydrogen (secondary N) is 2. The smallest absolute Gasteiger partial charge is 0.257 e. The third-order valence-electron chi connectivity index (χ3n) is 3.14. The molecule has 132 valence electrons. The molecule has 0 saturated heterocycles. The number of amides is 1. The van der Waals surface area contributed by atoms with Gasteiger partial charge in [-0.3, -0.25) is 10.1 Å². The van der Waals surface area contributed by atoms with Gasteiger partial charge in [-0.05, 0) is 49.5 Å². The van der Waals surface area contributed by atoms with Gasteiger partial charge in [-0.15, -0.1) is 0 Å². The van der Waals surface area contributed by atoms with Crippen molar-refractivity contribution in [2.24, 2.45) is 0 Å². The summed E-state index contributed by atoms with van der Waals surface area (Å²) in [6.45, 7) is 3.52. The van der Waals surface area contributed by atoms with Crippen LogP contribution in [0.2, 0.25) is 0 Å². The summed E-state index contributed by atoms with van der Waals surface area (Å²) in [5.74, 6) is 0.356. The Morgan fingerprint density at radius 1 is 1.16 bits per heavy atom. The van der Waals surface area contributed by atoms with Crippen LogP contribution in [0, 0.1) is 0 Å². The van der Waals surface area contributed by atoms with Crippen LogP contribution >= 0.6 is 28.1 Å². The normalized spacial score (nSPS) is 10.2. The molecule has 0 saturated carbocycles. The molecule has 0 aliphatic rings. The van der Waals surface area contributed by atoms with E-state index in [1.807, 2.05) is 37.3 Å². The van der Waals surface area contributed by atoms with Crippen LogP contribution in [0.4, 0.5) is 5.69 Å². The summed E-state index contributed by atoms with van der Waals surface area (Å²) in [6.07, 6.45) is 0. The molecule has 0 atom stereocenters. The van der Waals surface area contributed by atoms with Gasteiger partial charge in [0.2, 0.25) is 0 Å².